The smallest absolute Gasteiger partial charge is 0.319 e. The maximum atomic E-state index is 12.4. The van der Waals surface area contributed by atoms with Crippen molar-refractivity contribution in [2.24, 2.45) is 0 Å². The quantitative estimate of drug-likeness (QED) is 0.619. The molecule has 1 saturated carbocycles. The molecule has 0 unspecified atom stereocenters. The van der Waals surface area contributed by atoms with E-state index in [1.165, 1.54) is 19.3 Å². The van der Waals surface area contributed by atoms with E-state index < -0.39 is 0 Å². The third kappa shape index (κ3) is 6.67. The maximum Gasteiger partial charge on any atom is 0.319 e. The standard InChI is InChI=1S/C20H31N3O3/c1-15-14-16(19(24)22-17-8-4-3-5-9-17)10-11-18(15)23-20(25)21-12-6-7-13-26-2/h10-11,14,17H,3-9,12-13H2,1-2H3,(H,22,24)(H2,21,23,25). The van der Waals surface area contributed by atoms with Crippen molar-refractivity contribution in [1.29, 1.82) is 0 Å². The van der Waals surface area contributed by atoms with Crippen molar-refractivity contribution < 1.29 is 14.3 Å². The summed E-state index contributed by atoms with van der Waals surface area (Å²) in [6, 6.07) is 5.43. The number of aryl methyl sites for hydroxylation is 1. The molecule has 1 aliphatic carbocycles. The highest BCUT2D eigenvalue weighted by Crippen LogP contribution is 2.19. The van der Waals surface area contributed by atoms with Crippen LogP contribution in [-0.2, 0) is 4.74 Å². The lowest BCUT2D eigenvalue weighted by atomic mass is 9.95. The molecule has 144 valence electrons. The molecule has 2 rings (SSSR count). The van der Waals surface area contributed by atoms with Gasteiger partial charge in [0.05, 0.1) is 0 Å². The van der Waals surface area contributed by atoms with Crippen LogP contribution in [0.3, 0.4) is 0 Å². The first kappa shape index (κ1) is 20.2. The van der Waals surface area contributed by atoms with Gasteiger partial charge in [-0.05, 0) is 56.4 Å². The van der Waals surface area contributed by atoms with E-state index in [2.05, 4.69) is 16.0 Å². The molecule has 3 amide bonds. The van der Waals surface area contributed by atoms with Crippen LogP contribution in [-0.4, -0.2) is 38.2 Å². The first-order chi connectivity index (χ1) is 12.6. The van der Waals surface area contributed by atoms with Crippen molar-refractivity contribution in [1.82, 2.24) is 10.6 Å². The highest BCUT2D eigenvalue weighted by Gasteiger charge is 2.17. The van der Waals surface area contributed by atoms with Gasteiger partial charge in [0.1, 0.15) is 0 Å². The molecule has 0 saturated heterocycles. The minimum atomic E-state index is -0.232. The highest BCUT2D eigenvalue weighted by atomic mass is 16.5. The number of carbonyl (C=O) groups excluding carboxylic acids is 2. The second-order valence-electron chi connectivity index (χ2n) is 6.92. The summed E-state index contributed by atoms with van der Waals surface area (Å²) < 4.78 is 4.98. The fraction of sp³-hybridized carbons (Fsp3) is 0.600. The van der Waals surface area contributed by atoms with Crippen LogP contribution in [0, 0.1) is 6.92 Å². The molecule has 0 bridgehead atoms. The van der Waals surface area contributed by atoms with Gasteiger partial charge in [-0.25, -0.2) is 4.79 Å². The number of nitrogens with one attached hydrogen (secondary N) is 3. The van der Waals surface area contributed by atoms with Gasteiger partial charge in [-0.15, -0.1) is 0 Å². The number of urea groups is 1. The molecule has 1 aromatic rings. The van der Waals surface area contributed by atoms with E-state index in [1.54, 1.807) is 19.2 Å². The molecule has 1 aromatic carbocycles. The topological polar surface area (TPSA) is 79.5 Å². The van der Waals surface area contributed by atoms with Crippen LogP contribution in [0.4, 0.5) is 10.5 Å². The SMILES string of the molecule is COCCCCNC(=O)Nc1ccc(C(=O)NC2CCCCC2)cc1C. The largest absolute Gasteiger partial charge is 0.385 e. The number of amides is 3. The summed E-state index contributed by atoms with van der Waals surface area (Å²) in [6.07, 6.45) is 7.56. The van der Waals surface area contributed by atoms with Crippen LogP contribution in [0.25, 0.3) is 0 Å². The number of carbonyl (C=O) groups is 2. The van der Waals surface area contributed by atoms with Gasteiger partial charge in [0, 0.05) is 37.6 Å². The molecule has 1 aliphatic rings. The molecule has 1 fully saturated rings. The summed E-state index contributed by atoms with van der Waals surface area (Å²) in [5.41, 5.74) is 2.23. The monoisotopic (exact) mass is 361 g/mol. The molecule has 0 aliphatic heterocycles. The summed E-state index contributed by atoms with van der Waals surface area (Å²) in [5.74, 6) is -0.0332. The van der Waals surface area contributed by atoms with Gasteiger partial charge in [0.2, 0.25) is 0 Å². The van der Waals surface area contributed by atoms with Gasteiger partial charge in [-0.3, -0.25) is 4.79 Å². The van der Waals surface area contributed by atoms with Crippen LogP contribution < -0.4 is 16.0 Å². The molecule has 0 radical (unpaired) electrons. The third-order valence-corrected chi connectivity index (χ3v) is 4.74. The first-order valence-electron chi connectivity index (χ1n) is 9.55. The summed E-state index contributed by atoms with van der Waals surface area (Å²) in [4.78, 5) is 24.4. The second kappa shape index (κ2) is 10.8. The van der Waals surface area contributed by atoms with Crippen LogP contribution in [0.1, 0.15) is 60.9 Å². The zero-order valence-electron chi connectivity index (χ0n) is 15.9. The number of hydrogen-bond donors (Lipinski definition) is 3. The van der Waals surface area contributed by atoms with Crippen molar-refractivity contribution in [3.8, 4) is 0 Å². The number of ether oxygens (including phenoxy) is 1. The van der Waals surface area contributed by atoms with E-state index in [-0.39, 0.29) is 11.9 Å². The Morgan fingerprint density at radius 1 is 1.15 bits per heavy atom. The summed E-state index contributed by atoms with van der Waals surface area (Å²) in [6.45, 7) is 3.20. The molecule has 0 aromatic heterocycles. The molecule has 0 heterocycles. The Hall–Kier alpha value is -2.08. The Morgan fingerprint density at radius 3 is 2.62 bits per heavy atom. The van der Waals surface area contributed by atoms with Gasteiger partial charge in [-0.1, -0.05) is 19.3 Å². The fourth-order valence-electron chi connectivity index (χ4n) is 3.20. The van der Waals surface area contributed by atoms with E-state index in [0.29, 0.717) is 30.4 Å². The predicted molar refractivity (Wildman–Crippen MR) is 104 cm³/mol. The number of methoxy groups -OCH3 is 1. The van der Waals surface area contributed by atoms with Gasteiger partial charge in [0.25, 0.3) is 5.91 Å². The Balaban J connectivity index is 1.82. The lowest BCUT2D eigenvalue weighted by Crippen LogP contribution is -2.36. The van der Waals surface area contributed by atoms with Gasteiger partial charge in [-0.2, -0.15) is 0 Å². The van der Waals surface area contributed by atoms with Crippen molar-refractivity contribution in [2.75, 3.05) is 25.6 Å². The second-order valence-corrected chi connectivity index (χ2v) is 6.92. The first-order valence-corrected chi connectivity index (χ1v) is 9.55. The number of unbranched alkanes of at least 4 members (excludes halogenated alkanes) is 1. The molecular weight excluding hydrogens is 330 g/mol. The van der Waals surface area contributed by atoms with Crippen molar-refractivity contribution in [2.45, 2.75) is 57.9 Å². The zero-order valence-corrected chi connectivity index (χ0v) is 15.9. The molecule has 6 heteroatoms. The maximum absolute atomic E-state index is 12.4. The summed E-state index contributed by atoms with van der Waals surface area (Å²) in [5, 5.41) is 8.78. The van der Waals surface area contributed by atoms with E-state index >= 15 is 0 Å². The Bertz CT molecular complexity index is 598. The minimum Gasteiger partial charge on any atom is -0.385 e. The highest BCUT2D eigenvalue weighted by molar-refractivity contribution is 5.96. The van der Waals surface area contributed by atoms with Crippen molar-refractivity contribution in [3.63, 3.8) is 0 Å². The van der Waals surface area contributed by atoms with Gasteiger partial charge in [0.15, 0.2) is 0 Å². The number of hydrogen-bond acceptors (Lipinski definition) is 3. The molecule has 6 nitrogen and oxygen atoms in total. The summed E-state index contributed by atoms with van der Waals surface area (Å²) >= 11 is 0. The number of benzene rings is 1. The third-order valence-electron chi connectivity index (χ3n) is 4.74. The molecule has 0 spiro atoms. The van der Waals surface area contributed by atoms with Gasteiger partial charge < -0.3 is 20.7 Å². The van der Waals surface area contributed by atoms with Crippen LogP contribution in [0.15, 0.2) is 18.2 Å². The fourth-order valence-corrected chi connectivity index (χ4v) is 3.20. The zero-order chi connectivity index (χ0) is 18.8. The average molecular weight is 361 g/mol. The Labute approximate surface area is 156 Å². The lowest BCUT2D eigenvalue weighted by Gasteiger charge is -2.23. The van der Waals surface area contributed by atoms with Crippen molar-refractivity contribution in [3.05, 3.63) is 29.3 Å². The Kier molecular flexibility index (Phi) is 8.41. The molecule has 26 heavy (non-hydrogen) atoms. The normalized spacial score (nSPS) is 14.7. The number of anilines is 1. The van der Waals surface area contributed by atoms with Crippen LogP contribution in [0.5, 0.6) is 0 Å². The Morgan fingerprint density at radius 2 is 1.92 bits per heavy atom. The minimum absolute atomic E-state index is 0.0332. The van der Waals surface area contributed by atoms with Crippen LogP contribution >= 0.6 is 0 Å². The lowest BCUT2D eigenvalue weighted by molar-refractivity contribution is 0.0927. The van der Waals surface area contributed by atoms with E-state index in [9.17, 15) is 9.59 Å². The molecule has 3 N–H and O–H groups in total. The van der Waals surface area contributed by atoms with E-state index in [0.717, 1.165) is 31.2 Å². The van der Waals surface area contributed by atoms with Gasteiger partial charge >= 0.3 is 6.03 Å². The average Bonchev–Trinajstić information content (AvgIpc) is 2.64. The molecule has 0 atom stereocenters. The van der Waals surface area contributed by atoms with E-state index in [1.807, 2.05) is 13.0 Å². The van der Waals surface area contributed by atoms with Crippen LogP contribution in [0.2, 0.25) is 0 Å². The van der Waals surface area contributed by atoms with Crippen molar-refractivity contribution >= 4 is 17.6 Å². The molecular formula is C20H31N3O3. The number of rotatable bonds is 8. The summed E-state index contributed by atoms with van der Waals surface area (Å²) in [7, 11) is 1.67. The van der Waals surface area contributed by atoms with E-state index in [4.69, 9.17) is 4.74 Å². The predicted octanol–water partition coefficient (Wildman–Crippen LogP) is 3.61.